The lowest BCUT2D eigenvalue weighted by molar-refractivity contribution is 0.0473. The third kappa shape index (κ3) is 6.86. The van der Waals surface area contributed by atoms with Crippen LogP contribution in [0.4, 0.5) is 9.18 Å². The van der Waals surface area contributed by atoms with Crippen LogP contribution in [0.3, 0.4) is 0 Å². The van der Waals surface area contributed by atoms with Gasteiger partial charge in [-0.3, -0.25) is 0 Å². The number of hydrogen-bond donors (Lipinski definition) is 1. The van der Waals surface area contributed by atoms with Crippen LogP contribution in [0.5, 0.6) is 0 Å². The maximum absolute atomic E-state index is 13.3. The zero-order valence-electron chi connectivity index (χ0n) is 16.3. The van der Waals surface area contributed by atoms with Crippen molar-refractivity contribution in [3.8, 4) is 0 Å². The van der Waals surface area contributed by atoms with Gasteiger partial charge < -0.3 is 14.5 Å². The van der Waals surface area contributed by atoms with Gasteiger partial charge in [0.15, 0.2) is 0 Å². The quantitative estimate of drug-likeness (QED) is 0.656. The molecule has 0 spiro atoms. The first kappa shape index (κ1) is 21.2. The molecule has 0 aliphatic heterocycles. The Morgan fingerprint density at radius 3 is 2.74 bits per heavy atom. The Labute approximate surface area is 163 Å². The lowest BCUT2D eigenvalue weighted by Gasteiger charge is -2.24. The first-order valence-corrected chi connectivity index (χ1v) is 9.86. The number of amides is 1. The van der Waals surface area contributed by atoms with Gasteiger partial charge in [0.25, 0.3) is 5.22 Å². The van der Waals surface area contributed by atoms with Gasteiger partial charge in [0.05, 0.1) is 0 Å². The molecule has 0 radical (unpaired) electrons. The van der Waals surface area contributed by atoms with Crippen LogP contribution in [0, 0.1) is 11.7 Å². The number of ether oxygens (including phenoxy) is 1. The molecule has 2 rings (SSSR count). The predicted octanol–water partition coefficient (Wildman–Crippen LogP) is 5.11. The standard InChI is InChI=1S/C19H26FN3O3S/c1-6-12(2)15(21-17(24)26-19(3,4)5)16-22-23-18(25-16)27-11-13-8-7-9-14(20)10-13/h7-10,12,15H,6,11H2,1-5H3,(H,21,24)/t12-,15-/m0/s1. The van der Waals surface area contributed by atoms with Gasteiger partial charge in [-0.05, 0) is 44.4 Å². The first-order chi connectivity index (χ1) is 12.7. The minimum atomic E-state index is -0.592. The zero-order chi connectivity index (χ0) is 20.0. The summed E-state index contributed by atoms with van der Waals surface area (Å²) in [6.45, 7) is 9.42. The summed E-state index contributed by atoms with van der Waals surface area (Å²) in [7, 11) is 0. The van der Waals surface area contributed by atoms with E-state index in [1.165, 1.54) is 23.9 Å². The summed E-state index contributed by atoms with van der Waals surface area (Å²) >= 11 is 1.32. The first-order valence-electron chi connectivity index (χ1n) is 8.88. The van der Waals surface area contributed by atoms with E-state index in [0.717, 1.165) is 12.0 Å². The molecule has 1 aromatic heterocycles. The van der Waals surface area contributed by atoms with E-state index in [1.54, 1.807) is 26.8 Å². The molecule has 8 heteroatoms. The number of halogens is 1. The maximum atomic E-state index is 13.3. The predicted molar refractivity (Wildman–Crippen MR) is 102 cm³/mol. The second kappa shape index (κ2) is 9.21. The number of rotatable bonds is 7. The van der Waals surface area contributed by atoms with Crippen molar-refractivity contribution < 1.29 is 18.3 Å². The second-order valence-corrected chi connectivity index (χ2v) is 8.26. The molecule has 0 saturated carbocycles. The van der Waals surface area contributed by atoms with Crippen LogP contribution in [0.1, 0.15) is 58.5 Å². The monoisotopic (exact) mass is 395 g/mol. The van der Waals surface area contributed by atoms with Crippen LogP contribution in [0.25, 0.3) is 0 Å². The summed E-state index contributed by atoms with van der Waals surface area (Å²) in [6, 6.07) is 5.92. The molecule has 0 saturated heterocycles. The van der Waals surface area contributed by atoms with Gasteiger partial charge >= 0.3 is 6.09 Å². The van der Waals surface area contributed by atoms with Gasteiger partial charge in [-0.1, -0.05) is 44.2 Å². The Bertz CT molecular complexity index is 761. The fourth-order valence-electron chi connectivity index (χ4n) is 2.29. The Kier molecular flexibility index (Phi) is 7.24. The van der Waals surface area contributed by atoms with Gasteiger partial charge in [0, 0.05) is 5.75 Å². The molecule has 0 aliphatic rings. The third-order valence-electron chi connectivity index (χ3n) is 3.82. The van der Waals surface area contributed by atoms with Crippen molar-refractivity contribution in [1.82, 2.24) is 15.5 Å². The van der Waals surface area contributed by atoms with Crippen molar-refractivity contribution in [2.45, 2.75) is 63.7 Å². The molecule has 6 nitrogen and oxygen atoms in total. The smallest absolute Gasteiger partial charge is 0.408 e. The average molecular weight is 396 g/mol. The largest absolute Gasteiger partial charge is 0.444 e. The normalized spacial score (nSPS) is 13.9. The third-order valence-corrected chi connectivity index (χ3v) is 4.71. The van der Waals surface area contributed by atoms with Crippen LogP contribution < -0.4 is 5.32 Å². The van der Waals surface area contributed by atoms with E-state index in [1.807, 2.05) is 19.9 Å². The van der Waals surface area contributed by atoms with Gasteiger partial charge in [0.1, 0.15) is 17.5 Å². The average Bonchev–Trinajstić information content (AvgIpc) is 3.04. The fourth-order valence-corrected chi connectivity index (χ4v) is 3.01. The highest BCUT2D eigenvalue weighted by molar-refractivity contribution is 7.98. The van der Waals surface area contributed by atoms with Gasteiger partial charge in [-0.2, -0.15) is 0 Å². The molecular weight excluding hydrogens is 369 g/mol. The van der Waals surface area contributed by atoms with E-state index in [4.69, 9.17) is 9.15 Å². The fraction of sp³-hybridized carbons (Fsp3) is 0.526. The molecule has 0 fully saturated rings. The van der Waals surface area contributed by atoms with Crippen LogP contribution in [-0.2, 0) is 10.5 Å². The van der Waals surface area contributed by atoms with Crippen molar-refractivity contribution in [3.05, 3.63) is 41.5 Å². The molecule has 1 amide bonds. The van der Waals surface area contributed by atoms with Crippen molar-refractivity contribution >= 4 is 17.9 Å². The minimum absolute atomic E-state index is 0.0824. The van der Waals surface area contributed by atoms with Crippen LogP contribution in [-0.4, -0.2) is 21.9 Å². The molecule has 1 N–H and O–H groups in total. The maximum Gasteiger partial charge on any atom is 0.408 e. The second-order valence-electron chi connectivity index (χ2n) is 7.33. The summed E-state index contributed by atoms with van der Waals surface area (Å²) in [5.74, 6) is 0.640. The molecule has 1 heterocycles. The molecule has 148 valence electrons. The minimum Gasteiger partial charge on any atom is -0.444 e. The number of benzene rings is 1. The number of carbonyl (C=O) groups excluding carboxylic acids is 1. The molecule has 2 atom stereocenters. The van der Waals surface area contributed by atoms with E-state index in [2.05, 4.69) is 15.5 Å². The lowest BCUT2D eigenvalue weighted by Crippen LogP contribution is -2.37. The summed E-state index contributed by atoms with van der Waals surface area (Å²) in [5.41, 5.74) is 0.232. The molecule has 27 heavy (non-hydrogen) atoms. The van der Waals surface area contributed by atoms with E-state index >= 15 is 0 Å². The summed E-state index contributed by atoms with van der Waals surface area (Å²) in [4.78, 5) is 12.1. The number of alkyl carbamates (subject to hydrolysis) is 1. The topological polar surface area (TPSA) is 77.2 Å². The van der Waals surface area contributed by atoms with Gasteiger partial charge in [-0.15, -0.1) is 10.2 Å². The van der Waals surface area contributed by atoms with Crippen molar-refractivity contribution in [3.63, 3.8) is 0 Å². The molecule has 1 aromatic carbocycles. The SMILES string of the molecule is CC[C@H](C)[C@H](NC(=O)OC(C)(C)C)c1nnc(SCc2cccc(F)c2)o1. The highest BCUT2D eigenvalue weighted by Crippen LogP contribution is 2.28. The summed E-state index contributed by atoms with van der Waals surface area (Å²) in [5, 5.41) is 11.3. The van der Waals surface area contributed by atoms with Gasteiger partial charge in [0.2, 0.25) is 5.89 Å². The summed E-state index contributed by atoms with van der Waals surface area (Å²) < 4.78 is 24.3. The van der Waals surface area contributed by atoms with E-state index in [9.17, 15) is 9.18 Å². The van der Waals surface area contributed by atoms with E-state index in [-0.39, 0.29) is 11.7 Å². The van der Waals surface area contributed by atoms with E-state index < -0.39 is 17.7 Å². The Hall–Kier alpha value is -2.09. The van der Waals surface area contributed by atoms with E-state index in [0.29, 0.717) is 16.9 Å². The summed E-state index contributed by atoms with van der Waals surface area (Å²) in [6.07, 6.45) is 0.286. The molecule has 0 unspecified atom stereocenters. The highest BCUT2D eigenvalue weighted by atomic mass is 32.2. The number of hydrogen-bond acceptors (Lipinski definition) is 6. The number of thioether (sulfide) groups is 1. The van der Waals surface area contributed by atoms with Crippen molar-refractivity contribution in [2.24, 2.45) is 5.92 Å². The highest BCUT2D eigenvalue weighted by Gasteiger charge is 2.28. The van der Waals surface area contributed by atoms with Crippen molar-refractivity contribution in [1.29, 1.82) is 0 Å². The van der Waals surface area contributed by atoms with Crippen molar-refractivity contribution in [2.75, 3.05) is 0 Å². The molecular formula is C19H26FN3O3S. The number of carbonyl (C=O) groups is 1. The number of aromatic nitrogens is 2. The van der Waals surface area contributed by atoms with Gasteiger partial charge in [-0.25, -0.2) is 9.18 Å². The van der Waals surface area contributed by atoms with Crippen LogP contribution >= 0.6 is 11.8 Å². The Morgan fingerprint density at radius 1 is 1.37 bits per heavy atom. The number of nitrogens with one attached hydrogen (secondary N) is 1. The Morgan fingerprint density at radius 2 is 2.11 bits per heavy atom. The molecule has 2 aromatic rings. The molecule has 0 bridgehead atoms. The number of nitrogens with zero attached hydrogens (tertiary/aromatic N) is 2. The van der Waals surface area contributed by atoms with Crippen LogP contribution in [0.15, 0.2) is 33.9 Å². The Balaban J connectivity index is 2.05. The zero-order valence-corrected chi connectivity index (χ0v) is 17.1. The lowest BCUT2D eigenvalue weighted by atomic mass is 9.99. The van der Waals surface area contributed by atoms with Crippen LogP contribution in [0.2, 0.25) is 0 Å². The molecule has 0 aliphatic carbocycles.